The first kappa shape index (κ1) is 22.2. The number of aromatic nitrogens is 3. The van der Waals surface area contributed by atoms with Gasteiger partial charge in [0.1, 0.15) is 0 Å². The fourth-order valence-corrected chi connectivity index (χ4v) is 4.10. The molecule has 0 aliphatic heterocycles. The van der Waals surface area contributed by atoms with E-state index in [1.165, 1.54) is 6.92 Å². The van der Waals surface area contributed by atoms with E-state index < -0.39 is 0 Å². The van der Waals surface area contributed by atoms with Gasteiger partial charge in [0.2, 0.25) is 5.91 Å². The standard InChI is InChI=1S/C28H25N5O2/c1-18(34)30-15-14-19-6-8-21(9-7-19)27(26-23-4-2-3-5-24(23)33-28(26)35)32-22-12-10-20(11-13-22)25-16-29-17-31-25/h2-13,16-17,33,35H,14-15H2,1H3,(H,29,31)(H,30,34). The van der Waals surface area contributed by atoms with Gasteiger partial charge in [0.05, 0.1) is 35.2 Å². The van der Waals surface area contributed by atoms with Gasteiger partial charge in [0, 0.05) is 29.9 Å². The maximum absolute atomic E-state index is 11.2. The van der Waals surface area contributed by atoms with Crippen LogP contribution in [0.15, 0.2) is 90.3 Å². The molecule has 0 bridgehead atoms. The van der Waals surface area contributed by atoms with E-state index in [0.29, 0.717) is 17.8 Å². The summed E-state index contributed by atoms with van der Waals surface area (Å²) in [5.41, 5.74) is 6.87. The molecule has 2 aromatic heterocycles. The first-order valence-corrected chi connectivity index (χ1v) is 11.4. The topological polar surface area (TPSA) is 106 Å². The number of imidazole rings is 1. The molecule has 0 saturated carbocycles. The molecule has 7 nitrogen and oxygen atoms in total. The number of aromatic amines is 2. The van der Waals surface area contributed by atoms with Gasteiger partial charge in [-0.05, 0) is 35.7 Å². The number of fused-ring (bicyclic) bond motifs is 1. The third kappa shape index (κ3) is 4.84. The van der Waals surface area contributed by atoms with Gasteiger partial charge in [0.25, 0.3) is 0 Å². The van der Waals surface area contributed by atoms with Crippen molar-refractivity contribution in [1.29, 1.82) is 0 Å². The van der Waals surface area contributed by atoms with E-state index in [9.17, 15) is 9.90 Å². The molecule has 0 unspecified atom stereocenters. The van der Waals surface area contributed by atoms with E-state index in [0.717, 1.165) is 45.4 Å². The highest BCUT2D eigenvalue weighted by atomic mass is 16.3. The molecule has 0 aliphatic carbocycles. The van der Waals surface area contributed by atoms with Gasteiger partial charge in [-0.2, -0.15) is 0 Å². The van der Waals surface area contributed by atoms with E-state index in [1.807, 2.05) is 72.8 Å². The Morgan fingerprint density at radius 3 is 2.51 bits per heavy atom. The SMILES string of the molecule is CC(=O)NCCc1ccc(C(=Nc2ccc(-c3cnc[nH]3)cc2)c2c(O)[nH]c3ccccc23)cc1. The van der Waals surface area contributed by atoms with Crippen LogP contribution in [0.5, 0.6) is 5.88 Å². The number of aliphatic imine (C=N–C) groups is 1. The maximum Gasteiger partial charge on any atom is 0.216 e. The Morgan fingerprint density at radius 2 is 1.80 bits per heavy atom. The predicted octanol–water partition coefficient (Wildman–Crippen LogP) is 5.11. The van der Waals surface area contributed by atoms with Crippen LogP contribution >= 0.6 is 0 Å². The summed E-state index contributed by atoms with van der Waals surface area (Å²) in [7, 11) is 0. The summed E-state index contributed by atoms with van der Waals surface area (Å²) in [6, 6.07) is 23.7. The molecule has 4 N–H and O–H groups in total. The van der Waals surface area contributed by atoms with Gasteiger partial charge in [-0.25, -0.2) is 9.98 Å². The molecule has 0 radical (unpaired) electrons. The molecular formula is C28H25N5O2. The number of para-hydroxylation sites is 1. The number of nitrogens with one attached hydrogen (secondary N) is 3. The average Bonchev–Trinajstić information content (AvgIpc) is 3.51. The van der Waals surface area contributed by atoms with E-state index in [4.69, 9.17) is 4.99 Å². The van der Waals surface area contributed by atoms with Crippen LogP contribution in [0.4, 0.5) is 5.69 Å². The van der Waals surface area contributed by atoms with Gasteiger partial charge in [-0.1, -0.05) is 54.6 Å². The number of carbonyl (C=O) groups is 1. The summed E-state index contributed by atoms with van der Waals surface area (Å²) in [4.78, 5) is 26.4. The Labute approximate surface area is 202 Å². The molecule has 0 fully saturated rings. The normalized spacial score (nSPS) is 11.6. The van der Waals surface area contributed by atoms with Crippen molar-refractivity contribution in [3.05, 3.63) is 102 Å². The number of H-pyrrole nitrogens is 2. The molecule has 3 aromatic carbocycles. The second kappa shape index (κ2) is 9.69. The molecule has 0 atom stereocenters. The quantitative estimate of drug-likeness (QED) is 0.252. The first-order chi connectivity index (χ1) is 17.1. The number of hydrogen-bond acceptors (Lipinski definition) is 4. The Bertz CT molecular complexity index is 1480. The van der Waals surface area contributed by atoms with Crippen molar-refractivity contribution in [1.82, 2.24) is 20.3 Å². The highest BCUT2D eigenvalue weighted by Crippen LogP contribution is 2.32. The second-order valence-electron chi connectivity index (χ2n) is 8.30. The van der Waals surface area contributed by atoms with E-state index in [1.54, 1.807) is 12.5 Å². The summed E-state index contributed by atoms with van der Waals surface area (Å²) in [6.45, 7) is 2.10. The molecule has 5 aromatic rings. The Kier molecular flexibility index (Phi) is 6.13. The second-order valence-corrected chi connectivity index (χ2v) is 8.30. The van der Waals surface area contributed by atoms with Crippen LogP contribution in [0.3, 0.4) is 0 Å². The van der Waals surface area contributed by atoms with Gasteiger partial charge >= 0.3 is 0 Å². The van der Waals surface area contributed by atoms with Gasteiger partial charge in [-0.15, -0.1) is 0 Å². The van der Waals surface area contributed by atoms with Crippen LogP contribution < -0.4 is 5.32 Å². The zero-order valence-corrected chi connectivity index (χ0v) is 19.2. The lowest BCUT2D eigenvalue weighted by Gasteiger charge is -2.10. The number of aromatic hydroxyl groups is 1. The maximum atomic E-state index is 11.2. The third-order valence-electron chi connectivity index (χ3n) is 5.86. The van der Waals surface area contributed by atoms with Crippen LogP contribution in [0, 0.1) is 0 Å². The molecule has 7 heteroatoms. The Hall–Kier alpha value is -4.65. The molecule has 0 spiro atoms. The summed E-state index contributed by atoms with van der Waals surface area (Å²) in [5, 5.41) is 14.6. The van der Waals surface area contributed by atoms with Crippen LogP contribution in [0.2, 0.25) is 0 Å². The minimum Gasteiger partial charge on any atom is -0.494 e. The zero-order valence-electron chi connectivity index (χ0n) is 19.2. The Morgan fingerprint density at radius 1 is 1.03 bits per heavy atom. The number of carbonyl (C=O) groups excluding carboxylic acids is 1. The van der Waals surface area contributed by atoms with Crippen LogP contribution in [0.1, 0.15) is 23.6 Å². The Balaban J connectivity index is 1.55. The first-order valence-electron chi connectivity index (χ1n) is 11.4. The lowest BCUT2D eigenvalue weighted by Crippen LogP contribution is -2.22. The third-order valence-corrected chi connectivity index (χ3v) is 5.86. The van der Waals surface area contributed by atoms with Crippen molar-refractivity contribution < 1.29 is 9.90 Å². The van der Waals surface area contributed by atoms with E-state index in [-0.39, 0.29) is 11.8 Å². The smallest absolute Gasteiger partial charge is 0.216 e. The van der Waals surface area contributed by atoms with E-state index in [2.05, 4.69) is 20.3 Å². The molecule has 35 heavy (non-hydrogen) atoms. The van der Waals surface area contributed by atoms with Crippen LogP contribution in [-0.4, -0.2) is 38.2 Å². The minimum absolute atomic E-state index is 0.0376. The minimum atomic E-state index is -0.0376. The van der Waals surface area contributed by atoms with Crippen molar-refractivity contribution in [3.8, 4) is 17.1 Å². The number of benzene rings is 3. The van der Waals surface area contributed by atoms with Crippen LogP contribution in [-0.2, 0) is 11.2 Å². The van der Waals surface area contributed by atoms with Crippen molar-refractivity contribution >= 4 is 28.2 Å². The van der Waals surface area contributed by atoms with Crippen molar-refractivity contribution in [2.45, 2.75) is 13.3 Å². The summed E-state index contributed by atoms with van der Waals surface area (Å²) in [6.07, 6.45) is 4.17. The summed E-state index contributed by atoms with van der Waals surface area (Å²) < 4.78 is 0. The predicted molar refractivity (Wildman–Crippen MR) is 138 cm³/mol. The zero-order chi connectivity index (χ0) is 24.2. The summed E-state index contributed by atoms with van der Waals surface area (Å²) >= 11 is 0. The number of nitrogens with zero attached hydrogens (tertiary/aromatic N) is 2. The highest BCUT2D eigenvalue weighted by molar-refractivity contribution is 6.21. The van der Waals surface area contributed by atoms with Gasteiger partial charge in [-0.3, -0.25) is 4.79 Å². The largest absolute Gasteiger partial charge is 0.494 e. The fraction of sp³-hybridized carbons (Fsp3) is 0.107. The lowest BCUT2D eigenvalue weighted by atomic mass is 9.99. The lowest BCUT2D eigenvalue weighted by molar-refractivity contribution is -0.118. The number of amides is 1. The molecule has 1 amide bonds. The fourth-order valence-electron chi connectivity index (χ4n) is 4.10. The number of hydrogen-bond donors (Lipinski definition) is 4. The molecule has 174 valence electrons. The van der Waals surface area contributed by atoms with Gasteiger partial charge < -0.3 is 20.4 Å². The monoisotopic (exact) mass is 463 g/mol. The molecule has 0 saturated heterocycles. The molecule has 0 aliphatic rings. The molecule has 5 rings (SSSR count). The molecule has 2 heterocycles. The van der Waals surface area contributed by atoms with Crippen molar-refractivity contribution in [3.63, 3.8) is 0 Å². The van der Waals surface area contributed by atoms with Crippen LogP contribution in [0.25, 0.3) is 22.2 Å². The summed E-state index contributed by atoms with van der Waals surface area (Å²) in [5.74, 6) is 0.0400. The van der Waals surface area contributed by atoms with Crippen molar-refractivity contribution in [2.75, 3.05) is 6.54 Å². The van der Waals surface area contributed by atoms with Crippen molar-refractivity contribution in [2.24, 2.45) is 4.99 Å². The number of rotatable bonds is 7. The average molecular weight is 464 g/mol. The van der Waals surface area contributed by atoms with E-state index >= 15 is 0 Å². The van der Waals surface area contributed by atoms with Gasteiger partial charge in [0.15, 0.2) is 5.88 Å². The molecular weight excluding hydrogens is 438 g/mol. The highest BCUT2D eigenvalue weighted by Gasteiger charge is 2.18.